The smallest absolute Gasteiger partial charge is 0.338 e. The van der Waals surface area contributed by atoms with Crippen LogP contribution in [0.15, 0.2) is 65.2 Å². The zero-order valence-corrected chi connectivity index (χ0v) is 20.5. The highest BCUT2D eigenvalue weighted by Crippen LogP contribution is 2.31. The maximum absolute atomic E-state index is 14.2. The van der Waals surface area contributed by atoms with Gasteiger partial charge in [-0.05, 0) is 55.5 Å². The summed E-state index contributed by atoms with van der Waals surface area (Å²) in [5.74, 6) is 0.125. The van der Waals surface area contributed by atoms with E-state index in [1.165, 1.54) is 6.07 Å². The zero-order chi connectivity index (χ0) is 25.8. The average Bonchev–Trinajstić information content (AvgIpc) is 3.33. The Bertz CT molecular complexity index is 1380. The van der Waals surface area contributed by atoms with Gasteiger partial charge in [0.15, 0.2) is 5.58 Å². The molecule has 0 bridgehead atoms. The van der Waals surface area contributed by atoms with Gasteiger partial charge in [-0.25, -0.2) is 9.18 Å². The molecule has 1 fully saturated rings. The van der Waals surface area contributed by atoms with E-state index in [0.717, 1.165) is 18.5 Å². The van der Waals surface area contributed by atoms with Crippen LogP contribution >= 0.6 is 0 Å². The van der Waals surface area contributed by atoms with Crippen LogP contribution in [0.3, 0.4) is 0 Å². The molecule has 0 amide bonds. The van der Waals surface area contributed by atoms with Crippen LogP contribution in [-0.2, 0) is 17.9 Å². The Morgan fingerprint density at radius 1 is 1.05 bits per heavy atom. The molecule has 3 aromatic carbocycles. The van der Waals surface area contributed by atoms with Crippen LogP contribution < -0.4 is 9.64 Å². The Balaban J connectivity index is 1.24. The largest absolute Gasteiger partial charge is 0.507 e. The first-order chi connectivity index (χ1) is 18.0. The van der Waals surface area contributed by atoms with Crippen molar-refractivity contribution in [1.82, 2.24) is 10.1 Å². The van der Waals surface area contributed by atoms with Crippen LogP contribution in [0.4, 0.5) is 10.1 Å². The van der Waals surface area contributed by atoms with Crippen molar-refractivity contribution in [2.75, 3.05) is 37.7 Å². The van der Waals surface area contributed by atoms with Crippen LogP contribution in [0.5, 0.6) is 11.5 Å². The maximum atomic E-state index is 14.2. The molecule has 9 heteroatoms. The second kappa shape index (κ2) is 10.9. The molecule has 1 N–H and O–H groups in total. The highest BCUT2D eigenvalue weighted by Gasteiger charge is 2.23. The first kappa shape index (κ1) is 24.6. The summed E-state index contributed by atoms with van der Waals surface area (Å²) in [7, 11) is 0. The summed E-state index contributed by atoms with van der Waals surface area (Å²) in [6.07, 6.45) is 0. The van der Waals surface area contributed by atoms with Crippen molar-refractivity contribution < 1.29 is 28.3 Å². The van der Waals surface area contributed by atoms with Crippen molar-refractivity contribution in [3.8, 4) is 11.5 Å². The number of carbonyl (C=O) groups excluding carboxylic acids is 1. The third-order valence-electron chi connectivity index (χ3n) is 6.48. The molecule has 37 heavy (non-hydrogen) atoms. The van der Waals surface area contributed by atoms with Gasteiger partial charge in [-0.2, -0.15) is 0 Å². The minimum atomic E-state index is -0.377. The van der Waals surface area contributed by atoms with Gasteiger partial charge >= 0.3 is 5.97 Å². The van der Waals surface area contributed by atoms with Crippen molar-refractivity contribution in [1.29, 1.82) is 0 Å². The minimum absolute atomic E-state index is 0.141. The predicted molar refractivity (Wildman–Crippen MR) is 136 cm³/mol. The number of carbonyl (C=O) groups is 1. The number of aromatic hydroxyl groups is 1. The number of halogens is 1. The molecule has 1 saturated heterocycles. The lowest BCUT2D eigenvalue weighted by atomic mass is 10.1. The number of para-hydroxylation sites is 1. The van der Waals surface area contributed by atoms with Gasteiger partial charge in [0.1, 0.15) is 29.6 Å². The normalized spacial score (nSPS) is 14.2. The summed E-state index contributed by atoms with van der Waals surface area (Å²) < 4.78 is 30.6. The number of esters is 1. The summed E-state index contributed by atoms with van der Waals surface area (Å²) >= 11 is 0. The summed E-state index contributed by atoms with van der Waals surface area (Å²) in [5, 5.41) is 15.5. The summed E-state index contributed by atoms with van der Waals surface area (Å²) in [6.45, 7) is 5.53. The molecule has 192 valence electrons. The Hall–Kier alpha value is -4.11. The van der Waals surface area contributed by atoms with Crippen molar-refractivity contribution in [2.24, 2.45) is 0 Å². The second-order valence-corrected chi connectivity index (χ2v) is 8.82. The molecular formula is C28H28FN3O5. The Morgan fingerprint density at radius 3 is 2.54 bits per heavy atom. The number of anilines is 1. The number of fused-ring (bicyclic) bond motifs is 1. The molecule has 1 aliphatic heterocycles. The van der Waals surface area contributed by atoms with Crippen LogP contribution in [0, 0.1) is 5.82 Å². The van der Waals surface area contributed by atoms with Crippen LogP contribution in [-0.4, -0.2) is 53.9 Å². The van der Waals surface area contributed by atoms with E-state index in [-0.39, 0.29) is 24.1 Å². The number of aromatic nitrogens is 1. The van der Waals surface area contributed by atoms with Crippen LogP contribution in [0.25, 0.3) is 11.0 Å². The summed E-state index contributed by atoms with van der Waals surface area (Å²) in [5.41, 5.74) is 2.86. The van der Waals surface area contributed by atoms with Gasteiger partial charge < -0.3 is 24.0 Å². The van der Waals surface area contributed by atoms with Crippen molar-refractivity contribution in [3.05, 3.63) is 83.3 Å². The lowest BCUT2D eigenvalue weighted by Crippen LogP contribution is -2.46. The molecule has 4 aromatic rings. The zero-order valence-electron chi connectivity index (χ0n) is 20.5. The van der Waals surface area contributed by atoms with Gasteiger partial charge in [-0.3, -0.25) is 4.90 Å². The molecule has 0 saturated carbocycles. The number of phenolic OH excluding ortho intramolecular Hbond substituents is 1. The van der Waals surface area contributed by atoms with Gasteiger partial charge in [0.2, 0.25) is 0 Å². The molecule has 1 aromatic heterocycles. The van der Waals surface area contributed by atoms with Crippen LogP contribution in [0.1, 0.15) is 28.5 Å². The Morgan fingerprint density at radius 2 is 1.81 bits per heavy atom. The molecule has 0 aliphatic carbocycles. The Kier molecular flexibility index (Phi) is 7.23. The molecule has 1 aliphatic rings. The third kappa shape index (κ3) is 5.36. The van der Waals surface area contributed by atoms with E-state index in [0.29, 0.717) is 60.1 Å². The van der Waals surface area contributed by atoms with E-state index in [1.54, 1.807) is 55.5 Å². The molecular weight excluding hydrogens is 477 g/mol. The van der Waals surface area contributed by atoms with Gasteiger partial charge in [0.05, 0.1) is 23.4 Å². The molecule has 0 spiro atoms. The fourth-order valence-electron chi connectivity index (χ4n) is 4.49. The fourth-order valence-corrected chi connectivity index (χ4v) is 4.49. The van der Waals surface area contributed by atoms with Crippen molar-refractivity contribution >= 4 is 22.6 Å². The van der Waals surface area contributed by atoms with E-state index in [2.05, 4.69) is 10.1 Å². The van der Waals surface area contributed by atoms with E-state index >= 15 is 0 Å². The van der Waals surface area contributed by atoms with E-state index in [1.807, 2.05) is 11.0 Å². The maximum Gasteiger partial charge on any atom is 0.338 e. The molecule has 5 rings (SSSR count). The number of benzene rings is 3. The quantitative estimate of drug-likeness (QED) is 0.343. The van der Waals surface area contributed by atoms with E-state index in [4.69, 9.17) is 14.0 Å². The molecule has 2 heterocycles. The van der Waals surface area contributed by atoms with Crippen LogP contribution in [0.2, 0.25) is 0 Å². The molecule has 0 atom stereocenters. The third-order valence-corrected chi connectivity index (χ3v) is 6.48. The van der Waals surface area contributed by atoms with Gasteiger partial charge in [-0.15, -0.1) is 0 Å². The highest BCUT2D eigenvalue weighted by atomic mass is 19.1. The first-order valence-corrected chi connectivity index (χ1v) is 12.2. The van der Waals surface area contributed by atoms with E-state index in [9.17, 15) is 14.3 Å². The number of piperazine rings is 1. The SMILES string of the molecule is CCOC(=O)c1ccc(OCc2noc3c(CN4CCN(c5ccccc5F)CC4)c(O)ccc23)cc1. The van der Waals surface area contributed by atoms with E-state index < -0.39 is 0 Å². The lowest BCUT2D eigenvalue weighted by molar-refractivity contribution is 0.0526. The van der Waals surface area contributed by atoms with Crippen molar-refractivity contribution in [3.63, 3.8) is 0 Å². The van der Waals surface area contributed by atoms with Gasteiger partial charge in [-0.1, -0.05) is 17.3 Å². The number of ether oxygens (including phenoxy) is 2. The average molecular weight is 506 g/mol. The topological polar surface area (TPSA) is 88.3 Å². The highest BCUT2D eigenvalue weighted by molar-refractivity contribution is 5.89. The minimum Gasteiger partial charge on any atom is -0.507 e. The number of nitrogens with zero attached hydrogens (tertiary/aromatic N) is 3. The lowest BCUT2D eigenvalue weighted by Gasteiger charge is -2.36. The monoisotopic (exact) mass is 505 g/mol. The van der Waals surface area contributed by atoms with Gasteiger partial charge in [0.25, 0.3) is 0 Å². The molecule has 8 nitrogen and oxygen atoms in total. The Labute approximate surface area is 213 Å². The summed E-state index contributed by atoms with van der Waals surface area (Å²) in [4.78, 5) is 16.1. The number of phenols is 1. The van der Waals surface area contributed by atoms with Gasteiger partial charge in [0, 0.05) is 38.1 Å². The summed E-state index contributed by atoms with van der Waals surface area (Å²) in [6, 6.07) is 16.9. The first-order valence-electron chi connectivity index (χ1n) is 12.2. The van der Waals surface area contributed by atoms with Crippen molar-refractivity contribution in [2.45, 2.75) is 20.1 Å². The fraction of sp³-hybridized carbons (Fsp3) is 0.286. The number of hydrogen-bond donors (Lipinski definition) is 1. The molecule has 0 radical (unpaired) electrons. The standard InChI is InChI=1S/C28H28FN3O5/c1-2-35-28(34)19-7-9-20(10-8-19)36-18-24-21-11-12-26(33)22(27(21)37-30-24)17-31-13-15-32(16-14-31)25-6-4-3-5-23(25)29/h3-12,33H,2,13-18H2,1H3. The number of rotatable bonds is 8. The second-order valence-electron chi connectivity index (χ2n) is 8.82. The molecule has 0 unspecified atom stereocenters. The predicted octanol–water partition coefficient (Wildman–Crippen LogP) is 4.75. The number of hydrogen-bond acceptors (Lipinski definition) is 8.